The molecular weight excluding hydrogens is 344 g/mol. The molecule has 3 aromatic carbocycles. The van der Waals surface area contributed by atoms with Crippen LogP contribution in [-0.2, 0) is 20.3 Å². The zero-order chi connectivity index (χ0) is 18.4. The van der Waals surface area contributed by atoms with Crippen molar-refractivity contribution >= 4 is 34.4 Å². The summed E-state index contributed by atoms with van der Waals surface area (Å²) in [4.78, 5) is 13.1. The fourth-order valence-electron chi connectivity index (χ4n) is 2.83. The zero-order valence-electron chi connectivity index (χ0n) is 14.8. The second-order valence-corrected chi connectivity index (χ2v) is 6.52. The molecule has 3 nitrogen and oxygen atoms in total. The van der Waals surface area contributed by atoms with Crippen LogP contribution in [0.4, 0.5) is 0 Å². The van der Waals surface area contributed by atoms with E-state index in [0.717, 1.165) is 21.4 Å². The van der Waals surface area contributed by atoms with E-state index in [1.54, 1.807) is 6.08 Å². The van der Waals surface area contributed by atoms with Crippen LogP contribution in [0.25, 0.3) is 16.3 Å². The first kappa shape index (κ1) is 18.2. The summed E-state index contributed by atoms with van der Waals surface area (Å²) in [6.07, 6.45) is 1.77. The van der Waals surface area contributed by atoms with E-state index in [1.807, 2.05) is 55.5 Å². The van der Waals surface area contributed by atoms with Crippen LogP contribution in [0.2, 0.25) is 0 Å². The minimum absolute atomic E-state index is 0.346. The van der Waals surface area contributed by atoms with E-state index in [9.17, 15) is 4.79 Å². The molecule has 0 bridgehead atoms. The van der Waals surface area contributed by atoms with Crippen molar-refractivity contribution in [2.24, 2.45) is 0 Å². The molecule has 132 valence electrons. The van der Waals surface area contributed by atoms with Crippen molar-refractivity contribution in [1.29, 1.82) is 0 Å². The number of carbonyl (C=O) groups is 1. The first-order valence-electron chi connectivity index (χ1n) is 8.34. The predicted octanol–water partition coefficient (Wildman–Crippen LogP) is 5.64. The molecule has 4 heteroatoms. The Balaban J connectivity index is 1.77. The van der Waals surface area contributed by atoms with Crippen molar-refractivity contribution in [3.05, 3.63) is 83.9 Å². The molecule has 0 amide bonds. The van der Waals surface area contributed by atoms with Crippen molar-refractivity contribution in [3.63, 3.8) is 0 Å². The number of fused-ring (bicyclic) bond motifs is 1. The molecule has 0 heterocycles. The van der Waals surface area contributed by atoms with Crippen molar-refractivity contribution in [3.8, 4) is 0 Å². The molecule has 0 aliphatic carbocycles. The molecule has 0 saturated carbocycles. The van der Waals surface area contributed by atoms with Crippen LogP contribution >= 0.6 is 12.0 Å². The molecule has 3 aromatic rings. The number of hydrogen-bond acceptors (Lipinski definition) is 4. The van der Waals surface area contributed by atoms with Crippen LogP contribution in [0.15, 0.2) is 77.7 Å². The molecule has 3 rings (SSSR count). The van der Waals surface area contributed by atoms with E-state index >= 15 is 0 Å². The van der Waals surface area contributed by atoms with E-state index in [4.69, 9.17) is 8.92 Å². The Kier molecular flexibility index (Phi) is 6.10. The van der Waals surface area contributed by atoms with Gasteiger partial charge in [0.2, 0.25) is 0 Å². The van der Waals surface area contributed by atoms with Gasteiger partial charge in [-0.25, -0.2) is 4.79 Å². The summed E-state index contributed by atoms with van der Waals surface area (Å²) in [5.74, 6) is -0.346. The van der Waals surface area contributed by atoms with Crippen molar-refractivity contribution < 1.29 is 13.7 Å². The monoisotopic (exact) mass is 364 g/mol. The van der Waals surface area contributed by atoms with Crippen LogP contribution in [0, 0.1) is 0 Å². The van der Waals surface area contributed by atoms with Gasteiger partial charge in [0.1, 0.15) is 0 Å². The minimum Gasteiger partial charge on any atom is -0.465 e. The summed E-state index contributed by atoms with van der Waals surface area (Å²) in [6.45, 7) is 2.22. The average molecular weight is 364 g/mol. The van der Waals surface area contributed by atoms with Crippen LogP contribution in [-0.4, -0.2) is 13.1 Å². The summed E-state index contributed by atoms with van der Waals surface area (Å²) in [6, 6.07) is 22.1. The zero-order valence-corrected chi connectivity index (χ0v) is 15.6. The Morgan fingerprint density at radius 2 is 1.73 bits per heavy atom. The average Bonchev–Trinajstić information content (AvgIpc) is 2.69. The van der Waals surface area contributed by atoms with Crippen LogP contribution < -0.4 is 0 Å². The second-order valence-electron chi connectivity index (χ2n) is 5.67. The summed E-state index contributed by atoms with van der Waals surface area (Å²) in [7, 11) is 1.39. The van der Waals surface area contributed by atoms with Gasteiger partial charge in [-0.2, -0.15) is 0 Å². The first-order chi connectivity index (χ1) is 12.7. The van der Waals surface area contributed by atoms with E-state index in [0.29, 0.717) is 12.2 Å². The minimum atomic E-state index is -0.346. The third-order valence-electron chi connectivity index (χ3n) is 4.11. The van der Waals surface area contributed by atoms with E-state index in [2.05, 4.69) is 18.2 Å². The highest BCUT2D eigenvalue weighted by atomic mass is 32.2. The number of hydrogen-bond donors (Lipinski definition) is 0. The molecule has 0 aromatic heterocycles. The van der Waals surface area contributed by atoms with E-state index in [1.165, 1.54) is 24.5 Å². The Labute approximate surface area is 157 Å². The molecular formula is C22H20O3S. The van der Waals surface area contributed by atoms with Crippen molar-refractivity contribution in [1.82, 2.24) is 0 Å². The van der Waals surface area contributed by atoms with Gasteiger partial charge in [-0.1, -0.05) is 66.7 Å². The van der Waals surface area contributed by atoms with Crippen LogP contribution in [0.3, 0.4) is 0 Å². The third-order valence-corrected chi connectivity index (χ3v) is 4.89. The lowest BCUT2D eigenvalue weighted by Gasteiger charge is -2.12. The number of methoxy groups -OCH3 is 1. The Hall–Kier alpha value is -2.56. The van der Waals surface area contributed by atoms with Gasteiger partial charge < -0.3 is 8.92 Å². The SMILES string of the molecule is CC=C(C(=O)OC)c1ccccc1COSc1cccc2ccccc12. The lowest BCUT2D eigenvalue weighted by atomic mass is 10.00. The molecule has 0 saturated heterocycles. The molecule has 0 atom stereocenters. The van der Waals surface area contributed by atoms with Crippen molar-refractivity contribution in [2.45, 2.75) is 18.4 Å². The molecule has 0 unspecified atom stereocenters. The standard InChI is InChI=1S/C22H20O3S/c1-3-18(22(23)24-2)19-12-6-5-10-17(19)15-25-26-21-14-8-11-16-9-4-7-13-20(16)21/h3-14H,15H2,1-2H3. The number of rotatable bonds is 6. The maximum Gasteiger partial charge on any atom is 0.338 e. The molecule has 0 fully saturated rings. The maximum absolute atomic E-state index is 12.0. The lowest BCUT2D eigenvalue weighted by Crippen LogP contribution is -2.06. The molecule has 0 N–H and O–H groups in total. The van der Waals surface area contributed by atoms with Crippen LogP contribution in [0.5, 0.6) is 0 Å². The summed E-state index contributed by atoms with van der Waals surface area (Å²) >= 11 is 1.35. The van der Waals surface area contributed by atoms with Gasteiger partial charge in [-0.3, -0.25) is 0 Å². The van der Waals surface area contributed by atoms with E-state index < -0.39 is 0 Å². The smallest absolute Gasteiger partial charge is 0.338 e. The summed E-state index contributed by atoms with van der Waals surface area (Å²) < 4.78 is 10.8. The van der Waals surface area contributed by atoms with Crippen LogP contribution in [0.1, 0.15) is 18.1 Å². The number of benzene rings is 3. The molecule has 0 aliphatic heterocycles. The summed E-state index contributed by atoms with van der Waals surface area (Å²) in [5.41, 5.74) is 2.32. The van der Waals surface area contributed by atoms with Gasteiger partial charge in [0.25, 0.3) is 0 Å². The van der Waals surface area contributed by atoms with E-state index in [-0.39, 0.29) is 5.97 Å². The topological polar surface area (TPSA) is 35.5 Å². The molecule has 0 radical (unpaired) electrons. The Morgan fingerprint density at radius 3 is 2.54 bits per heavy atom. The molecule has 0 aliphatic rings. The number of esters is 1. The second kappa shape index (κ2) is 8.70. The van der Waals surface area contributed by atoms with Crippen molar-refractivity contribution in [2.75, 3.05) is 7.11 Å². The molecule has 26 heavy (non-hydrogen) atoms. The Bertz CT molecular complexity index is 942. The highest BCUT2D eigenvalue weighted by Crippen LogP contribution is 2.30. The summed E-state index contributed by atoms with van der Waals surface area (Å²) in [5, 5.41) is 2.35. The number of allylic oxidation sites excluding steroid dienone is 1. The van der Waals surface area contributed by atoms with Gasteiger partial charge in [0, 0.05) is 16.9 Å². The fourth-order valence-corrected chi connectivity index (χ4v) is 3.55. The maximum atomic E-state index is 12.0. The number of ether oxygens (including phenoxy) is 1. The quantitative estimate of drug-likeness (QED) is 0.322. The predicted molar refractivity (Wildman–Crippen MR) is 107 cm³/mol. The van der Waals surface area contributed by atoms with Gasteiger partial charge in [0.15, 0.2) is 0 Å². The number of carbonyl (C=O) groups excluding carboxylic acids is 1. The largest absolute Gasteiger partial charge is 0.465 e. The Morgan fingerprint density at radius 1 is 1.00 bits per heavy atom. The highest BCUT2D eigenvalue weighted by Gasteiger charge is 2.15. The molecule has 0 spiro atoms. The van der Waals surface area contributed by atoms with Gasteiger partial charge >= 0.3 is 5.97 Å². The normalized spacial score (nSPS) is 11.5. The fraction of sp³-hybridized carbons (Fsp3) is 0.136. The highest BCUT2D eigenvalue weighted by molar-refractivity contribution is 7.94. The van der Waals surface area contributed by atoms with Gasteiger partial charge in [0.05, 0.1) is 19.3 Å². The lowest BCUT2D eigenvalue weighted by molar-refractivity contribution is -0.133. The van der Waals surface area contributed by atoms with Gasteiger partial charge in [-0.05, 0) is 34.9 Å². The first-order valence-corrected chi connectivity index (χ1v) is 9.09. The third kappa shape index (κ3) is 3.98. The van der Waals surface area contributed by atoms with Gasteiger partial charge in [-0.15, -0.1) is 0 Å².